The van der Waals surface area contributed by atoms with Crippen molar-refractivity contribution in [3.63, 3.8) is 0 Å². The maximum atomic E-state index is 12.5. The fraction of sp³-hybridized carbons (Fsp3) is 0.300. The van der Waals surface area contributed by atoms with E-state index >= 15 is 0 Å². The first-order valence-electron chi connectivity index (χ1n) is 8.80. The molecule has 2 amide bonds. The van der Waals surface area contributed by atoms with E-state index in [0.29, 0.717) is 48.0 Å². The Balaban J connectivity index is 0.00000280. The summed E-state index contributed by atoms with van der Waals surface area (Å²) in [5, 5.41) is 3.09. The van der Waals surface area contributed by atoms with Crippen LogP contribution in [-0.4, -0.2) is 32.0 Å². The lowest BCUT2D eigenvalue weighted by molar-refractivity contribution is -0.118. The van der Waals surface area contributed by atoms with Crippen molar-refractivity contribution in [1.29, 1.82) is 0 Å². The Morgan fingerprint density at radius 2 is 2.04 bits per heavy atom. The highest BCUT2D eigenvalue weighted by molar-refractivity contribution is 6.33. The van der Waals surface area contributed by atoms with Crippen molar-refractivity contribution < 1.29 is 14.3 Å². The van der Waals surface area contributed by atoms with Crippen LogP contribution in [0.5, 0.6) is 5.75 Å². The predicted octanol–water partition coefficient (Wildman–Crippen LogP) is 3.45. The van der Waals surface area contributed by atoms with Crippen molar-refractivity contribution in [1.82, 2.24) is 5.32 Å². The third kappa shape index (κ3) is 4.69. The number of halogens is 2. The molecular formula is C20H23Cl2N3O3. The minimum Gasteiger partial charge on any atom is -0.496 e. The van der Waals surface area contributed by atoms with Gasteiger partial charge in [-0.25, -0.2) is 0 Å². The molecule has 8 heteroatoms. The van der Waals surface area contributed by atoms with E-state index < -0.39 is 0 Å². The van der Waals surface area contributed by atoms with Crippen LogP contribution in [0.3, 0.4) is 0 Å². The summed E-state index contributed by atoms with van der Waals surface area (Å²) in [6.45, 7) is 1.09. The number of nitrogens with one attached hydrogen (secondary N) is 1. The molecule has 0 aliphatic carbocycles. The van der Waals surface area contributed by atoms with Crippen LogP contribution < -0.4 is 20.7 Å². The maximum absolute atomic E-state index is 12.5. The van der Waals surface area contributed by atoms with E-state index in [1.165, 1.54) is 24.8 Å². The Labute approximate surface area is 175 Å². The first-order chi connectivity index (χ1) is 13.0. The number of methoxy groups -OCH3 is 1. The number of ether oxygens (including phenoxy) is 1. The van der Waals surface area contributed by atoms with Crippen LogP contribution >= 0.6 is 24.0 Å². The smallest absolute Gasteiger partial charge is 0.255 e. The molecule has 28 heavy (non-hydrogen) atoms. The molecule has 0 radical (unpaired) electrons. The van der Waals surface area contributed by atoms with Gasteiger partial charge in [-0.3, -0.25) is 9.59 Å². The van der Waals surface area contributed by atoms with Gasteiger partial charge in [-0.2, -0.15) is 0 Å². The second-order valence-electron chi connectivity index (χ2n) is 6.36. The fourth-order valence-electron chi connectivity index (χ4n) is 3.18. The van der Waals surface area contributed by atoms with Crippen LogP contribution in [0.15, 0.2) is 36.4 Å². The van der Waals surface area contributed by atoms with E-state index in [-0.39, 0.29) is 24.2 Å². The Kier molecular flexibility index (Phi) is 7.54. The quantitative estimate of drug-likeness (QED) is 0.550. The second-order valence-corrected chi connectivity index (χ2v) is 6.76. The molecule has 1 heterocycles. The van der Waals surface area contributed by atoms with Crippen molar-refractivity contribution in [3.05, 3.63) is 52.5 Å². The van der Waals surface area contributed by atoms with Gasteiger partial charge in [0.15, 0.2) is 0 Å². The van der Waals surface area contributed by atoms with Crippen LogP contribution in [0.25, 0.3) is 0 Å². The number of nitrogen functional groups attached to an aromatic ring is 1. The molecule has 1 aliphatic rings. The normalized spacial score (nSPS) is 12.1. The Hall–Kier alpha value is -2.44. The van der Waals surface area contributed by atoms with Gasteiger partial charge in [0, 0.05) is 31.3 Å². The van der Waals surface area contributed by atoms with Gasteiger partial charge >= 0.3 is 0 Å². The number of carbonyl (C=O) groups excluding carboxylic acids is 2. The van der Waals surface area contributed by atoms with Gasteiger partial charge in [-0.05, 0) is 30.5 Å². The number of carbonyl (C=O) groups is 2. The standard InChI is InChI=1S/C20H22ClN3O3.ClH/c1-27-18-12-16(22)15(21)11-14(18)20(26)23-9-4-7-19(25)24-10-8-13-5-2-3-6-17(13)24;/h2-3,5-6,11-12H,4,7-10,22H2,1H3,(H,23,26);1H. The number of nitrogens with two attached hydrogens (primary N) is 1. The maximum Gasteiger partial charge on any atom is 0.255 e. The molecule has 0 aromatic heterocycles. The van der Waals surface area contributed by atoms with Gasteiger partial charge in [0.05, 0.1) is 23.4 Å². The largest absolute Gasteiger partial charge is 0.496 e. The summed E-state index contributed by atoms with van der Waals surface area (Å²) >= 11 is 5.99. The van der Waals surface area contributed by atoms with E-state index in [4.69, 9.17) is 22.1 Å². The predicted molar refractivity (Wildman–Crippen MR) is 114 cm³/mol. The summed E-state index contributed by atoms with van der Waals surface area (Å²) in [6.07, 6.45) is 1.80. The highest BCUT2D eigenvalue weighted by Gasteiger charge is 2.23. The van der Waals surface area contributed by atoms with E-state index in [0.717, 1.165) is 12.1 Å². The van der Waals surface area contributed by atoms with Gasteiger partial charge in [0.1, 0.15) is 5.75 Å². The highest BCUT2D eigenvalue weighted by Crippen LogP contribution is 2.29. The zero-order valence-electron chi connectivity index (χ0n) is 15.5. The lowest BCUT2D eigenvalue weighted by Gasteiger charge is -2.17. The lowest BCUT2D eigenvalue weighted by atomic mass is 10.1. The third-order valence-electron chi connectivity index (χ3n) is 4.60. The van der Waals surface area contributed by atoms with Crippen LogP contribution in [0.2, 0.25) is 5.02 Å². The molecule has 0 saturated heterocycles. The molecule has 3 N–H and O–H groups in total. The molecule has 0 bridgehead atoms. The van der Waals surface area contributed by atoms with E-state index in [9.17, 15) is 9.59 Å². The lowest BCUT2D eigenvalue weighted by Crippen LogP contribution is -2.30. The van der Waals surface area contributed by atoms with E-state index in [1.54, 1.807) is 0 Å². The monoisotopic (exact) mass is 423 g/mol. The molecule has 2 aromatic carbocycles. The highest BCUT2D eigenvalue weighted by atomic mass is 35.5. The van der Waals surface area contributed by atoms with Crippen molar-refractivity contribution >= 4 is 47.2 Å². The van der Waals surface area contributed by atoms with Crippen molar-refractivity contribution in [2.24, 2.45) is 0 Å². The minimum atomic E-state index is -0.312. The van der Waals surface area contributed by atoms with Crippen molar-refractivity contribution in [2.45, 2.75) is 19.3 Å². The zero-order valence-corrected chi connectivity index (χ0v) is 17.1. The van der Waals surface area contributed by atoms with Crippen LogP contribution in [0, 0.1) is 0 Å². The Morgan fingerprint density at radius 1 is 1.29 bits per heavy atom. The summed E-state index contributed by atoms with van der Waals surface area (Å²) in [6, 6.07) is 11.0. The minimum absolute atomic E-state index is 0. The zero-order chi connectivity index (χ0) is 19.4. The van der Waals surface area contributed by atoms with E-state index in [2.05, 4.69) is 5.32 Å². The average Bonchev–Trinajstić information content (AvgIpc) is 3.11. The Morgan fingerprint density at radius 3 is 2.79 bits per heavy atom. The average molecular weight is 424 g/mol. The molecule has 0 saturated carbocycles. The third-order valence-corrected chi connectivity index (χ3v) is 4.93. The molecule has 150 valence electrons. The molecular weight excluding hydrogens is 401 g/mol. The molecule has 1 aliphatic heterocycles. The molecule has 3 rings (SSSR count). The first kappa shape index (κ1) is 21.9. The topological polar surface area (TPSA) is 84.7 Å². The molecule has 2 aromatic rings. The number of amides is 2. The summed E-state index contributed by atoms with van der Waals surface area (Å²) in [4.78, 5) is 26.7. The molecule has 0 unspecified atom stereocenters. The van der Waals surface area contributed by atoms with Crippen molar-refractivity contribution in [3.8, 4) is 5.75 Å². The number of fused-ring (bicyclic) bond motifs is 1. The van der Waals surface area contributed by atoms with Gasteiger partial charge in [0.2, 0.25) is 5.91 Å². The van der Waals surface area contributed by atoms with Crippen LogP contribution in [0.4, 0.5) is 11.4 Å². The van der Waals surface area contributed by atoms with Gasteiger partial charge in [-0.15, -0.1) is 12.4 Å². The number of hydrogen-bond acceptors (Lipinski definition) is 4. The summed E-state index contributed by atoms with van der Waals surface area (Å²) in [5.41, 5.74) is 8.59. The first-order valence-corrected chi connectivity index (χ1v) is 9.18. The van der Waals surface area contributed by atoms with E-state index in [1.807, 2.05) is 29.2 Å². The number of anilines is 2. The summed E-state index contributed by atoms with van der Waals surface area (Å²) in [5.74, 6) is 0.120. The second kappa shape index (κ2) is 9.66. The number of nitrogens with zero attached hydrogens (tertiary/aromatic N) is 1. The fourth-order valence-corrected chi connectivity index (χ4v) is 3.35. The van der Waals surface area contributed by atoms with Crippen LogP contribution in [-0.2, 0) is 11.2 Å². The summed E-state index contributed by atoms with van der Waals surface area (Å²) < 4.78 is 5.19. The summed E-state index contributed by atoms with van der Waals surface area (Å²) in [7, 11) is 1.46. The molecule has 0 spiro atoms. The number of rotatable bonds is 6. The van der Waals surface area contributed by atoms with Gasteiger partial charge in [-0.1, -0.05) is 29.8 Å². The number of hydrogen-bond donors (Lipinski definition) is 2. The molecule has 0 atom stereocenters. The van der Waals surface area contributed by atoms with Crippen molar-refractivity contribution in [2.75, 3.05) is 30.8 Å². The Bertz CT molecular complexity index is 874. The number of para-hydroxylation sites is 1. The SMILES string of the molecule is COc1cc(N)c(Cl)cc1C(=O)NCCCC(=O)N1CCc2ccccc21.Cl. The van der Waals surface area contributed by atoms with Gasteiger partial charge < -0.3 is 20.7 Å². The van der Waals surface area contributed by atoms with Gasteiger partial charge in [0.25, 0.3) is 5.91 Å². The molecule has 0 fully saturated rings. The number of benzene rings is 2. The molecule has 6 nitrogen and oxygen atoms in total. The van der Waals surface area contributed by atoms with Crippen LogP contribution in [0.1, 0.15) is 28.8 Å².